The van der Waals surface area contributed by atoms with Crippen LogP contribution < -0.4 is 5.32 Å². The average Bonchev–Trinajstić information content (AvgIpc) is 2.15. The molecule has 0 saturated heterocycles. The van der Waals surface area contributed by atoms with Crippen LogP contribution in [0.25, 0.3) is 0 Å². The van der Waals surface area contributed by atoms with Crippen LogP contribution in [0, 0.1) is 0 Å². The van der Waals surface area contributed by atoms with Gasteiger partial charge in [-0.1, -0.05) is 20.8 Å². The first-order chi connectivity index (χ1) is 6.74. The Bertz CT molecular complexity index is 109. The molecule has 14 heavy (non-hydrogen) atoms. The first-order valence-corrected chi connectivity index (χ1v) is 6.20. The molecule has 0 aromatic carbocycles. The highest BCUT2D eigenvalue weighted by Gasteiger charge is 2.05. The lowest BCUT2D eigenvalue weighted by molar-refractivity contribution is 0.260. The molecule has 1 atom stereocenters. The third kappa shape index (κ3) is 7.34. The lowest BCUT2D eigenvalue weighted by Crippen LogP contribution is -2.33. The van der Waals surface area contributed by atoms with Gasteiger partial charge in [0.2, 0.25) is 0 Å². The van der Waals surface area contributed by atoms with E-state index in [1.165, 1.54) is 38.9 Å². The van der Waals surface area contributed by atoms with E-state index >= 15 is 0 Å². The van der Waals surface area contributed by atoms with Crippen LogP contribution in [0.2, 0.25) is 0 Å². The van der Waals surface area contributed by atoms with Crippen molar-refractivity contribution in [2.45, 2.75) is 53.0 Å². The van der Waals surface area contributed by atoms with E-state index in [4.69, 9.17) is 0 Å². The molecule has 2 heteroatoms. The van der Waals surface area contributed by atoms with E-state index in [0.29, 0.717) is 6.04 Å². The Labute approximate surface area is 90.1 Å². The van der Waals surface area contributed by atoms with Gasteiger partial charge in [0.25, 0.3) is 0 Å². The van der Waals surface area contributed by atoms with Gasteiger partial charge in [-0.05, 0) is 52.4 Å². The molecule has 0 aliphatic rings. The first-order valence-electron chi connectivity index (χ1n) is 6.20. The highest BCUT2D eigenvalue weighted by Crippen LogP contribution is 1.99. The lowest BCUT2D eigenvalue weighted by atomic mass is 10.2. The molecule has 0 spiro atoms. The average molecular weight is 200 g/mol. The Kier molecular flexibility index (Phi) is 9.42. The molecule has 0 aliphatic heterocycles. The van der Waals surface area contributed by atoms with Gasteiger partial charge in [0.1, 0.15) is 0 Å². The Morgan fingerprint density at radius 2 is 1.57 bits per heavy atom. The fourth-order valence-corrected chi connectivity index (χ4v) is 1.79. The second kappa shape index (κ2) is 9.47. The normalized spacial score (nSPS) is 13.5. The molecular weight excluding hydrogens is 172 g/mol. The fraction of sp³-hybridized carbons (Fsp3) is 1.00. The minimum Gasteiger partial charge on any atom is -0.314 e. The van der Waals surface area contributed by atoms with Gasteiger partial charge in [-0.15, -0.1) is 0 Å². The molecule has 0 radical (unpaired) electrons. The van der Waals surface area contributed by atoms with E-state index in [9.17, 15) is 0 Å². The van der Waals surface area contributed by atoms with Crippen molar-refractivity contribution in [3.63, 3.8) is 0 Å². The van der Waals surface area contributed by atoms with Gasteiger partial charge in [0.05, 0.1) is 0 Å². The molecule has 0 rings (SSSR count). The largest absolute Gasteiger partial charge is 0.314 e. The highest BCUT2D eigenvalue weighted by atomic mass is 15.1. The molecule has 0 fully saturated rings. The lowest BCUT2D eigenvalue weighted by Gasteiger charge is -2.23. The van der Waals surface area contributed by atoms with Gasteiger partial charge >= 0.3 is 0 Å². The summed E-state index contributed by atoms with van der Waals surface area (Å²) in [5.74, 6) is 0. The van der Waals surface area contributed by atoms with E-state index in [-0.39, 0.29) is 0 Å². The van der Waals surface area contributed by atoms with Crippen LogP contribution in [0.1, 0.15) is 47.0 Å². The van der Waals surface area contributed by atoms with Gasteiger partial charge in [0, 0.05) is 6.04 Å². The van der Waals surface area contributed by atoms with Crippen LogP contribution in [0.3, 0.4) is 0 Å². The molecule has 0 amide bonds. The highest BCUT2D eigenvalue weighted by molar-refractivity contribution is 4.64. The maximum atomic E-state index is 3.46. The molecule has 1 unspecified atom stereocenters. The van der Waals surface area contributed by atoms with Gasteiger partial charge in [-0.2, -0.15) is 0 Å². The number of nitrogens with one attached hydrogen (secondary N) is 1. The Hall–Kier alpha value is -0.0800. The summed E-state index contributed by atoms with van der Waals surface area (Å²) in [5, 5.41) is 3.46. The molecule has 0 saturated carbocycles. The van der Waals surface area contributed by atoms with Crippen molar-refractivity contribution in [3.05, 3.63) is 0 Å². The summed E-state index contributed by atoms with van der Waals surface area (Å²) in [6, 6.07) is 0.663. The van der Waals surface area contributed by atoms with Crippen LogP contribution in [-0.2, 0) is 0 Å². The van der Waals surface area contributed by atoms with Gasteiger partial charge in [0.15, 0.2) is 0 Å². The zero-order valence-corrected chi connectivity index (χ0v) is 10.5. The van der Waals surface area contributed by atoms with Gasteiger partial charge in [-0.3, -0.25) is 0 Å². The summed E-state index contributed by atoms with van der Waals surface area (Å²) in [6.45, 7) is 13.8. The predicted octanol–water partition coefficient (Wildman–Crippen LogP) is 2.50. The van der Waals surface area contributed by atoms with Crippen LogP contribution >= 0.6 is 0 Å². The van der Waals surface area contributed by atoms with Crippen LogP contribution in [0.5, 0.6) is 0 Å². The summed E-state index contributed by atoms with van der Waals surface area (Å²) in [7, 11) is 0. The summed E-state index contributed by atoms with van der Waals surface area (Å²) in [4.78, 5) is 2.58. The van der Waals surface area contributed by atoms with E-state index in [1.54, 1.807) is 0 Å². The summed E-state index contributed by atoms with van der Waals surface area (Å²) < 4.78 is 0. The van der Waals surface area contributed by atoms with Crippen molar-refractivity contribution in [1.29, 1.82) is 0 Å². The smallest absolute Gasteiger partial charge is 0.00507 e. The molecule has 0 heterocycles. The first kappa shape index (κ1) is 13.9. The zero-order chi connectivity index (χ0) is 10.8. The second-order valence-corrected chi connectivity index (χ2v) is 4.09. The molecular formula is C12H28N2. The van der Waals surface area contributed by atoms with E-state index in [0.717, 1.165) is 6.54 Å². The van der Waals surface area contributed by atoms with Crippen LogP contribution in [0.15, 0.2) is 0 Å². The molecule has 0 aromatic rings. The Morgan fingerprint density at radius 1 is 1.00 bits per heavy atom. The van der Waals surface area contributed by atoms with Crippen LogP contribution in [-0.4, -0.2) is 37.1 Å². The van der Waals surface area contributed by atoms with Crippen molar-refractivity contribution < 1.29 is 0 Å². The Morgan fingerprint density at radius 3 is 2.00 bits per heavy atom. The van der Waals surface area contributed by atoms with Crippen molar-refractivity contribution in [2.75, 3.05) is 26.2 Å². The fourth-order valence-electron chi connectivity index (χ4n) is 1.79. The minimum atomic E-state index is 0.663. The number of hydrogen-bond donors (Lipinski definition) is 1. The summed E-state index contributed by atoms with van der Waals surface area (Å²) >= 11 is 0. The monoisotopic (exact) mass is 200 g/mol. The molecule has 1 N–H and O–H groups in total. The third-order valence-electron chi connectivity index (χ3n) is 2.51. The minimum absolute atomic E-state index is 0.663. The standard InChI is InChI=1S/C12H28N2/c1-5-9-14(10-6-2)11-8-12(4)13-7-3/h12-13H,5-11H2,1-4H3. The maximum Gasteiger partial charge on any atom is 0.00507 e. The number of nitrogens with zero attached hydrogens (tertiary/aromatic N) is 1. The molecule has 0 aromatic heterocycles. The zero-order valence-electron chi connectivity index (χ0n) is 10.5. The van der Waals surface area contributed by atoms with Crippen molar-refractivity contribution >= 4 is 0 Å². The van der Waals surface area contributed by atoms with E-state index in [1.807, 2.05) is 0 Å². The van der Waals surface area contributed by atoms with Crippen molar-refractivity contribution in [1.82, 2.24) is 10.2 Å². The second-order valence-electron chi connectivity index (χ2n) is 4.09. The van der Waals surface area contributed by atoms with Gasteiger partial charge in [-0.25, -0.2) is 0 Å². The summed E-state index contributed by atoms with van der Waals surface area (Å²) in [5.41, 5.74) is 0. The summed E-state index contributed by atoms with van der Waals surface area (Å²) in [6.07, 6.45) is 3.82. The maximum absolute atomic E-state index is 3.46. The van der Waals surface area contributed by atoms with Crippen molar-refractivity contribution in [2.24, 2.45) is 0 Å². The van der Waals surface area contributed by atoms with Crippen LogP contribution in [0.4, 0.5) is 0 Å². The van der Waals surface area contributed by atoms with Gasteiger partial charge < -0.3 is 10.2 Å². The topological polar surface area (TPSA) is 15.3 Å². The Balaban J connectivity index is 3.57. The van der Waals surface area contributed by atoms with E-state index < -0.39 is 0 Å². The predicted molar refractivity (Wildman–Crippen MR) is 64.8 cm³/mol. The van der Waals surface area contributed by atoms with Crippen molar-refractivity contribution in [3.8, 4) is 0 Å². The quantitative estimate of drug-likeness (QED) is 0.615. The number of rotatable bonds is 9. The third-order valence-corrected chi connectivity index (χ3v) is 2.51. The number of hydrogen-bond acceptors (Lipinski definition) is 2. The molecule has 0 aliphatic carbocycles. The van der Waals surface area contributed by atoms with E-state index in [2.05, 4.69) is 37.9 Å². The molecule has 86 valence electrons. The molecule has 0 bridgehead atoms. The SMILES string of the molecule is CCCN(CCC)CCC(C)NCC. The molecule has 2 nitrogen and oxygen atoms in total.